The summed E-state index contributed by atoms with van der Waals surface area (Å²) >= 11 is 1.82. The SMILES string of the molecule is CCOc1nc2ccn(C)c2nc1C1=CCCS1. The molecule has 3 rings (SSSR count). The molecule has 4 nitrogen and oxygen atoms in total. The summed E-state index contributed by atoms with van der Waals surface area (Å²) in [5, 5.41) is 0. The molecule has 0 unspecified atom stereocenters. The Morgan fingerprint density at radius 3 is 3.06 bits per heavy atom. The minimum Gasteiger partial charge on any atom is -0.476 e. The normalized spacial score (nSPS) is 15.1. The first-order valence-corrected chi connectivity index (χ1v) is 7.07. The second-order valence-electron chi connectivity index (χ2n) is 4.15. The molecule has 0 spiro atoms. The highest BCUT2D eigenvalue weighted by molar-refractivity contribution is 8.08. The summed E-state index contributed by atoms with van der Waals surface area (Å²) in [6.07, 6.45) is 5.28. The molecule has 18 heavy (non-hydrogen) atoms. The van der Waals surface area contributed by atoms with Crippen LogP contribution in [0.5, 0.6) is 5.88 Å². The van der Waals surface area contributed by atoms with Gasteiger partial charge in [-0.2, -0.15) is 0 Å². The first kappa shape index (κ1) is 11.6. The fraction of sp³-hybridized carbons (Fsp3) is 0.385. The highest BCUT2D eigenvalue weighted by Gasteiger charge is 2.18. The zero-order chi connectivity index (χ0) is 12.5. The van der Waals surface area contributed by atoms with E-state index in [0.29, 0.717) is 12.5 Å². The Morgan fingerprint density at radius 2 is 2.33 bits per heavy atom. The highest BCUT2D eigenvalue weighted by Crippen LogP contribution is 2.37. The Labute approximate surface area is 110 Å². The van der Waals surface area contributed by atoms with Crippen molar-refractivity contribution in [1.29, 1.82) is 0 Å². The standard InChI is InChI=1S/C13H15N3OS/c1-3-17-13-11(10-5-4-8-18-10)15-12-9(14-13)6-7-16(12)2/h5-7H,3-4,8H2,1-2H3. The summed E-state index contributed by atoms with van der Waals surface area (Å²) in [5.41, 5.74) is 2.67. The fourth-order valence-corrected chi connectivity index (χ4v) is 2.99. The van der Waals surface area contributed by atoms with E-state index < -0.39 is 0 Å². The van der Waals surface area contributed by atoms with Gasteiger partial charge in [-0.25, -0.2) is 9.97 Å². The molecule has 0 N–H and O–H groups in total. The van der Waals surface area contributed by atoms with E-state index in [1.54, 1.807) is 0 Å². The van der Waals surface area contributed by atoms with Crippen LogP contribution in [0.1, 0.15) is 19.0 Å². The van der Waals surface area contributed by atoms with Crippen LogP contribution in [0.4, 0.5) is 0 Å². The summed E-state index contributed by atoms with van der Waals surface area (Å²) in [4.78, 5) is 10.5. The Balaban J connectivity index is 2.18. The van der Waals surface area contributed by atoms with Crippen molar-refractivity contribution in [2.75, 3.05) is 12.4 Å². The third-order valence-corrected chi connectivity index (χ3v) is 3.99. The van der Waals surface area contributed by atoms with Gasteiger partial charge in [-0.1, -0.05) is 6.08 Å². The first-order valence-electron chi connectivity index (χ1n) is 6.09. The van der Waals surface area contributed by atoms with Crippen molar-refractivity contribution in [2.45, 2.75) is 13.3 Å². The van der Waals surface area contributed by atoms with Crippen molar-refractivity contribution < 1.29 is 4.74 Å². The number of aromatic nitrogens is 3. The third kappa shape index (κ3) is 1.88. The number of aryl methyl sites for hydroxylation is 1. The lowest BCUT2D eigenvalue weighted by Crippen LogP contribution is -2.02. The second-order valence-corrected chi connectivity index (χ2v) is 5.29. The maximum Gasteiger partial charge on any atom is 0.241 e. The van der Waals surface area contributed by atoms with Crippen LogP contribution >= 0.6 is 11.8 Å². The van der Waals surface area contributed by atoms with E-state index in [2.05, 4.69) is 11.1 Å². The first-order chi connectivity index (χ1) is 8.79. The molecule has 0 saturated carbocycles. The van der Waals surface area contributed by atoms with Gasteiger partial charge in [0.25, 0.3) is 0 Å². The molecule has 1 aliphatic rings. The summed E-state index contributed by atoms with van der Waals surface area (Å²) in [6.45, 7) is 2.58. The van der Waals surface area contributed by atoms with Gasteiger partial charge in [0, 0.05) is 23.9 Å². The summed E-state index contributed by atoms with van der Waals surface area (Å²) in [5.74, 6) is 1.77. The molecule has 0 amide bonds. The summed E-state index contributed by atoms with van der Waals surface area (Å²) < 4.78 is 7.62. The van der Waals surface area contributed by atoms with Gasteiger partial charge in [0.05, 0.1) is 6.61 Å². The van der Waals surface area contributed by atoms with E-state index in [0.717, 1.165) is 29.0 Å². The monoisotopic (exact) mass is 261 g/mol. The maximum atomic E-state index is 5.63. The summed E-state index contributed by atoms with van der Waals surface area (Å²) in [6, 6.07) is 1.96. The Kier molecular flexibility index (Phi) is 2.99. The average Bonchev–Trinajstić information content (AvgIpc) is 2.99. The molecule has 94 valence electrons. The number of nitrogens with zero attached hydrogens (tertiary/aromatic N) is 3. The summed E-state index contributed by atoms with van der Waals surface area (Å²) in [7, 11) is 1.98. The molecule has 0 fully saturated rings. The average molecular weight is 261 g/mol. The molecule has 0 aliphatic carbocycles. The molecule has 0 radical (unpaired) electrons. The van der Waals surface area contributed by atoms with E-state index in [4.69, 9.17) is 9.72 Å². The third-order valence-electron chi connectivity index (χ3n) is 2.88. The van der Waals surface area contributed by atoms with Gasteiger partial charge in [0.15, 0.2) is 5.65 Å². The van der Waals surface area contributed by atoms with Gasteiger partial charge in [-0.05, 0) is 19.4 Å². The zero-order valence-corrected chi connectivity index (χ0v) is 11.3. The number of hydrogen-bond donors (Lipinski definition) is 0. The van der Waals surface area contributed by atoms with Crippen LogP contribution in [0, 0.1) is 0 Å². The van der Waals surface area contributed by atoms with Crippen LogP contribution in [0.25, 0.3) is 16.1 Å². The van der Waals surface area contributed by atoms with Gasteiger partial charge >= 0.3 is 0 Å². The van der Waals surface area contributed by atoms with Crippen LogP contribution in [-0.2, 0) is 7.05 Å². The lowest BCUT2D eigenvalue weighted by Gasteiger charge is -2.09. The van der Waals surface area contributed by atoms with Crippen molar-refractivity contribution >= 4 is 27.8 Å². The molecule has 0 bridgehead atoms. The molecule has 0 saturated heterocycles. The van der Waals surface area contributed by atoms with Crippen molar-refractivity contribution in [3.05, 3.63) is 24.0 Å². The largest absolute Gasteiger partial charge is 0.476 e. The Morgan fingerprint density at radius 1 is 1.44 bits per heavy atom. The van der Waals surface area contributed by atoms with Crippen molar-refractivity contribution in [3.63, 3.8) is 0 Å². The number of ether oxygens (including phenoxy) is 1. The Hall–Kier alpha value is -1.49. The van der Waals surface area contributed by atoms with Gasteiger partial charge < -0.3 is 9.30 Å². The van der Waals surface area contributed by atoms with E-state index in [9.17, 15) is 0 Å². The second kappa shape index (κ2) is 4.65. The molecular weight excluding hydrogens is 246 g/mol. The van der Waals surface area contributed by atoms with Crippen LogP contribution in [0.3, 0.4) is 0 Å². The fourth-order valence-electron chi connectivity index (χ4n) is 2.03. The van der Waals surface area contributed by atoms with E-state index in [-0.39, 0.29) is 0 Å². The predicted octanol–water partition coefficient (Wildman–Crippen LogP) is 2.84. The number of allylic oxidation sites excluding steroid dienone is 1. The van der Waals surface area contributed by atoms with Crippen molar-refractivity contribution in [1.82, 2.24) is 14.5 Å². The molecule has 2 aromatic heterocycles. The maximum absolute atomic E-state index is 5.63. The molecule has 5 heteroatoms. The Bertz CT molecular complexity index is 618. The molecular formula is C13H15N3OS. The number of hydrogen-bond acceptors (Lipinski definition) is 4. The quantitative estimate of drug-likeness (QED) is 0.851. The lowest BCUT2D eigenvalue weighted by molar-refractivity contribution is 0.325. The molecule has 3 heterocycles. The van der Waals surface area contributed by atoms with Crippen LogP contribution in [0.15, 0.2) is 18.3 Å². The van der Waals surface area contributed by atoms with Crippen molar-refractivity contribution in [3.8, 4) is 5.88 Å². The van der Waals surface area contributed by atoms with E-state index in [1.165, 1.54) is 4.91 Å². The molecule has 0 aromatic carbocycles. The van der Waals surface area contributed by atoms with E-state index in [1.807, 2.05) is 42.6 Å². The smallest absolute Gasteiger partial charge is 0.241 e. The molecule has 0 atom stereocenters. The van der Waals surface area contributed by atoms with Crippen LogP contribution in [0.2, 0.25) is 0 Å². The van der Waals surface area contributed by atoms with Gasteiger partial charge in [0.1, 0.15) is 11.2 Å². The predicted molar refractivity (Wildman–Crippen MR) is 74.7 cm³/mol. The molecule has 2 aromatic rings. The van der Waals surface area contributed by atoms with Gasteiger partial charge in [0.2, 0.25) is 5.88 Å². The minimum atomic E-state index is 0.609. The highest BCUT2D eigenvalue weighted by atomic mass is 32.2. The van der Waals surface area contributed by atoms with Crippen LogP contribution < -0.4 is 4.74 Å². The lowest BCUT2D eigenvalue weighted by atomic mass is 10.3. The molecule has 1 aliphatic heterocycles. The van der Waals surface area contributed by atoms with Gasteiger partial charge in [-0.3, -0.25) is 0 Å². The zero-order valence-electron chi connectivity index (χ0n) is 10.5. The minimum absolute atomic E-state index is 0.609. The van der Waals surface area contributed by atoms with E-state index >= 15 is 0 Å². The van der Waals surface area contributed by atoms with Crippen molar-refractivity contribution in [2.24, 2.45) is 7.05 Å². The number of rotatable bonds is 3. The number of fused-ring (bicyclic) bond motifs is 1. The van der Waals surface area contributed by atoms with Gasteiger partial charge in [-0.15, -0.1) is 11.8 Å². The topological polar surface area (TPSA) is 39.9 Å². The number of thioether (sulfide) groups is 1. The van der Waals surface area contributed by atoms with Crippen LogP contribution in [-0.4, -0.2) is 26.9 Å².